The standard InChI is InChI=1S/C20H20Cl2FN4O7PS2.C2HF3O2/c21-16-13-8-15(36-20(13)17(22)19(33-6-4-25)18(16)32-5-3-24)37(30,31)27-10-35(28,29)34-12-2-1-11(9-26)14(23)7-12;3-2(4,5)1(6)7/h1-2,7-8,27H,3-6,10,24-25H2,(H,28,29);(H,6,7). The average Bonchev–Trinajstić information content (AvgIpc) is 3.40. The molecule has 0 aliphatic heterocycles. The van der Waals surface area contributed by atoms with Gasteiger partial charge in [-0.2, -0.15) is 18.4 Å². The Morgan fingerprint density at radius 2 is 1.66 bits per heavy atom. The van der Waals surface area contributed by atoms with Crippen molar-refractivity contribution in [2.45, 2.75) is 10.4 Å². The zero-order chi connectivity index (χ0) is 33.5. The monoisotopic (exact) mass is 726 g/mol. The smallest absolute Gasteiger partial charge is 0.430 e. The Morgan fingerprint density at radius 3 is 2.14 bits per heavy atom. The molecule has 1 aromatic heterocycles. The lowest BCUT2D eigenvalue weighted by Crippen LogP contribution is -2.53. The van der Waals surface area contributed by atoms with Crippen LogP contribution in [0.3, 0.4) is 0 Å². The van der Waals surface area contributed by atoms with Gasteiger partial charge in [-0.05, 0) is 18.2 Å². The van der Waals surface area contributed by atoms with Crippen molar-refractivity contribution in [3.8, 4) is 23.3 Å². The van der Waals surface area contributed by atoms with Crippen molar-refractivity contribution in [3.05, 3.63) is 45.7 Å². The molecule has 1 heterocycles. The highest BCUT2D eigenvalue weighted by Crippen LogP contribution is 2.50. The minimum Gasteiger partial charge on any atom is -0.768 e. The number of quaternary nitrogens is 2. The van der Waals surface area contributed by atoms with Crippen molar-refractivity contribution in [1.29, 1.82) is 5.26 Å². The van der Waals surface area contributed by atoms with E-state index >= 15 is 0 Å². The third kappa shape index (κ3) is 9.79. The van der Waals surface area contributed by atoms with Crippen molar-refractivity contribution in [2.24, 2.45) is 0 Å². The fraction of sp³-hybridized carbons (Fsp3) is 0.273. The maximum atomic E-state index is 13.7. The second kappa shape index (κ2) is 15.4. The van der Waals surface area contributed by atoms with E-state index in [2.05, 4.69) is 11.5 Å². The van der Waals surface area contributed by atoms with Gasteiger partial charge in [0.25, 0.3) is 10.0 Å². The Labute approximate surface area is 260 Å². The summed E-state index contributed by atoms with van der Waals surface area (Å²) >= 11 is 13.7. The van der Waals surface area contributed by atoms with Crippen molar-refractivity contribution < 1.29 is 70.8 Å². The number of hydrogen-bond donors (Lipinski definition) is 3. The van der Waals surface area contributed by atoms with Crippen LogP contribution in [-0.4, -0.2) is 53.2 Å². The lowest BCUT2D eigenvalue weighted by Gasteiger charge is -2.24. The van der Waals surface area contributed by atoms with Crippen LogP contribution >= 0.6 is 42.1 Å². The molecule has 0 aliphatic rings. The van der Waals surface area contributed by atoms with Crippen LogP contribution in [0.1, 0.15) is 5.56 Å². The summed E-state index contributed by atoms with van der Waals surface area (Å²) in [7, 11) is -9.24. The molecule has 7 N–H and O–H groups in total. The zero-order valence-corrected chi connectivity index (χ0v) is 26.0. The van der Waals surface area contributed by atoms with Gasteiger partial charge in [0, 0.05) is 11.5 Å². The minimum absolute atomic E-state index is 0.0604. The number of nitriles is 1. The highest BCUT2D eigenvalue weighted by molar-refractivity contribution is 7.92. The normalized spacial score (nSPS) is 12.9. The van der Waals surface area contributed by atoms with Crippen molar-refractivity contribution in [1.82, 2.24) is 4.72 Å². The Bertz CT molecular complexity index is 1670. The molecule has 0 amide bonds. The number of nitrogens with one attached hydrogen (secondary N) is 1. The van der Waals surface area contributed by atoms with E-state index in [4.69, 9.17) is 52.4 Å². The van der Waals surface area contributed by atoms with E-state index in [1.165, 1.54) is 6.07 Å². The van der Waals surface area contributed by atoms with Crippen LogP contribution in [0.5, 0.6) is 17.2 Å². The van der Waals surface area contributed by atoms with E-state index in [1.54, 1.807) is 6.07 Å². The van der Waals surface area contributed by atoms with Crippen LogP contribution in [0, 0.1) is 17.1 Å². The van der Waals surface area contributed by atoms with Crippen molar-refractivity contribution in [3.63, 3.8) is 0 Å². The number of carboxylic acids is 1. The number of hydrogen-bond acceptors (Lipinski definition) is 11. The van der Waals surface area contributed by atoms with E-state index in [0.29, 0.717) is 19.2 Å². The number of benzene rings is 2. The number of ether oxygens (including phenoxy) is 2. The highest BCUT2D eigenvalue weighted by atomic mass is 35.5. The molecule has 1 unspecified atom stereocenters. The van der Waals surface area contributed by atoms with Crippen LogP contribution in [0.25, 0.3) is 10.1 Å². The third-order valence-corrected chi connectivity index (χ3v) is 9.91. The fourth-order valence-electron chi connectivity index (χ4n) is 2.93. The first-order valence-corrected chi connectivity index (χ1v) is 16.4. The first-order valence-electron chi connectivity index (χ1n) is 11.6. The molecule has 0 saturated carbocycles. The molecule has 3 aromatic rings. The molecule has 3 rings (SSSR count). The first-order chi connectivity index (χ1) is 20.4. The number of aliphatic carboxylic acids is 1. The molecule has 0 fully saturated rings. The molecule has 0 aliphatic carbocycles. The summed E-state index contributed by atoms with van der Waals surface area (Å²) < 4.78 is 101. The summed E-state index contributed by atoms with van der Waals surface area (Å²) in [4.78, 5) is 21.1. The van der Waals surface area contributed by atoms with E-state index in [1.807, 2.05) is 4.72 Å². The molecule has 0 bridgehead atoms. The predicted molar refractivity (Wildman–Crippen MR) is 144 cm³/mol. The van der Waals surface area contributed by atoms with Gasteiger partial charge in [-0.1, -0.05) is 23.2 Å². The van der Waals surface area contributed by atoms with Gasteiger partial charge in [0.15, 0.2) is 19.1 Å². The number of carbonyl (C=O) groups is 1. The van der Waals surface area contributed by atoms with E-state index < -0.39 is 47.6 Å². The lowest BCUT2D eigenvalue weighted by atomic mass is 10.2. The highest BCUT2D eigenvalue weighted by Gasteiger charge is 2.29. The number of halogens is 6. The third-order valence-electron chi connectivity index (χ3n) is 4.78. The lowest BCUT2D eigenvalue weighted by molar-refractivity contribution is -0.372. The Kier molecular flexibility index (Phi) is 13.0. The topological polar surface area (TPSA) is 233 Å². The molecule has 0 spiro atoms. The Morgan fingerprint density at radius 1 is 1.11 bits per heavy atom. The molecule has 22 heteroatoms. The van der Waals surface area contributed by atoms with Gasteiger partial charge in [0.2, 0.25) is 0 Å². The summed E-state index contributed by atoms with van der Waals surface area (Å²) in [6.45, 7) is 1.23. The Hall–Kier alpha value is -2.92. The first kappa shape index (κ1) is 37.3. The Balaban J connectivity index is 0.000000860. The molecule has 242 valence electrons. The van der Waals surface area contributed by atoms with Crippen LogP contribution in [-0.2, 0) is 19.4 Å². The number of nitrogens with zero attached hydrogens (tertiary/aromatic N) is 1. The molecular formula is C22H21Cl2F4N4O9PS2. The van der Waals surface area contributed by atoms with Crippen LogP contribution < -0.4 is 40.2 Å². The summed E-state index contributed by atoms with van der Waals surface area (Å²) in [5, 5.41) is 17.9. The summed E-state index contributed by atoms with van der Waals surface area (Å²) in [5.74, 6) is -4.16. The minimum atomic E-state index is -5.19. The van der Waals surface area contributed by atoms with E-state index in [-0.39, 0.29) is 54.6 Å². The second-order valence-corrected chi connectivity index (χ2v) is 13.6. The summed E-state index contributed by atoms with van der Waals surface area (Å²) in [6, 6.07) is 5.62. The largest absolute Gasteiger partial charge is 0.768 e. The number of carboxylic acid groups (broad SMARTS) is 1. The van der Waals surface area contributed by atoms with E-state index in [9.17, 15) is 35.4 Å². The quantitative estimate of drug-likeness (QED) is 0.174. The molecule has 13 nitrogen and oxygen atoms in total. The van der Waals surface area contributed by atoms with Crippen molar-refractivity contribution >= 4 is 68.2 Å². The predicted octanol–water partition coefficient (Wildman–Crippen LogP) is 0.627. The van der Waals surface area contributed by atoms with E-state index in [0.717, 1.165) is 23.5 Å². The fourth-order valence-corrected chi connectivity index (χ4v) is 7.56. The van der Waals surface area contributed by atoms with Gasteiger partial charge < -0.3 is 40.3 Å². The average molecular weight is 727 g/mol. The summed E-state index contributed by atoms with van der Waals surface area (Å²) in [6.07, 6.45) is -6.33. The molecule has 0 saturated heterocycles. The molecular weight excluding hydrogens is 706 g/mol. The number of alkyl halides is 3. The number of sulfonamides is 1. The molecule has 2 aromatic carbocycles. The number of fused-ring (bicyclic) bond motifs is 1. The zero-order valence-electron chi connectivity index (χ0n) is 21.9. The van der Waals surface area contributed by atoms with Gasteiger partial charge >= 0.3 is 6.18 Å². The molecule has 44 heavy (non-hydrogen) atoms. The van der Waals surface area contributed by atoms with Gasteiger partial charge in [0.1, 0.15) is 59.1 Å². The summed E-state index contributed by atoms with van der Waals surface area (Å²) in [5.41, 5.74) is 7.08. The SMILES string of the molecule is N#Cc1ccc(OP(=O)([O-])CNS(=O)(=O)c2cc3c(Cl)c(OCC[NH3+])c(OCC[NH3+])c(Cl)c3s2)cc1F.O=C([O-])C(F)(F)F. The van der Waals surface area contributed by atoms with Gasteiger partial charge in [-0.15, -0.1) is 11.3 Å². The van der Waals surface area contributed by atoms with Gasteiger partial charge in [0.05, 0.1) is 21.6 Å². The number of rotatable bonds is 12. The number of carbonyl (C=O) groups excluding carboxylic acids is 1. The molecule has 1 atom stereocenters. The van der Waals surface area contributed by atoms with Crippen LogP contribution in [0.4, 0.5) is 17.6 Å². The van der Waals surface area contributed by atoms with Crippen LogP contribution in [0.2, 0.25) is 10.0 Å². The maximum absolute atomic E-state index is 13.7. The van der Waals surface area contributed by atoms with Gasteiger partial charge in [-0.25, -0.2) is 17.5 Å². The second-order valence-electron chi connectivity index (χ2n) is 8.05. The number of thiophene rings is 1. The van der Waals surface area contributed by atoms with Crippen molar-refractivity contribution in [2.75, 3.05) is 32.6 Å². The van der Waals surface area contributed by atoms with Crippen LogP contribution in [0.15, 0.2) is 28.5 Å². The molecule has 0 radical (unpaired) electrons. The van der Waals surface area contributed by atoms with Gasteiger partial charge in [-0.3, -0.25) is 4.57 Å². The maximum Gasteiger partial charge on any atom is 0.430 e.